The van der Waals surface area contributed by atoms with Crippen LogP contribution in [0.1, 0.15) is 33.6 Å². The number of carbonyl (C=O) groups excluding carboxylic acids is 2. The van der Waals surface area contributed by atoms with Gasteiger partial charge in [-0.1, -0.05) is 0 Å². The quantitative estimate of drug-likeness (QED) is 0.437. The molecular formula is C12H21NO7. The van der Waals surface area contributed by atoms with Crippen molar-refractivity contribution in [2.75, 3.05) is 7.11 Å². The summed E-state index contributed by atoms with van der Waals surface area (Å²) >= 11 is 0. The highest BCUT2D eigenvalue weighted by Gasteiger charge is 2.51. The highest BCUT2D eigenvalue weighted by atomic mass is 16.6. The fourth-order valence-corrected chi connectivity index (χ4v) is 1.43. The number of carbonyl (C=O) groups is 3. The smallest absolute Gasteiger partial charge is 0.351 e. The van der Waals surface area contributed by atoms with E-state index in [0.717, 1.165) is 7.11 Å². The second kappa shape index (κ2) is 6.67. The second-order valence-electron chi connectivity index (χ2n) is 5.29. The van der Waals surface area contributed by atoms with Gasteiger partial charge in [0.25, 0.3) is 5.60 Å². The van der Waals surface area contributed by atoms with Crippen LogP contribution in [-0.2, 0) is 23.9 Å². The van der Waals surface area contributed by atoms with Crippen LogP contribution in [0.25, 0.3) is 0 Å². The summed E-state index contributed by atoms with van der Waals surface area (Å²) in [7, 11) is 0.927. The van der Waals surface area contributed by atoms with Gasteiger partial charge in [0.2, 0.25) is 0 Å². The summed E-state index contributed by atoms with van der Waals surface area (Å²) in [6, 6.07) is -1.50. The highest BCUT2D eigenvalue weighted by Crippen LogP contribution is 2.17. The van der Waals surface area contributed by atoms with Gasteiger partial charge in [-0.2, -0.15) is 0 Å². The number of aliphatic carboxylic acids is 1. The standard InChI is InChI=1S/C12H21NO7/c1-11(2,3)20-8(14)6-5-7(13)12(18,9(15)16)10(17)19-4/h7,18H,5-6,13H2,1-4H3,(H,15,16). The van der Waals surface area contributed by atoms with Crippen molar-refractivity contribution < 1.29 is 34.1 Å². The van der Waals surface area contributed by atoms with Crippen molar-refractivity contribution in [1.82, 2.24) is 0 Å². The van der Waals surface area contributed by atoms with Gasteiger partial charge in [-0.15, -0.1) is 0 Å². The average molecular weight is 291 g/mol. The Morgan fingerprint density at radius 3 is 2.10 bits per heavy atom. The summed E-state index contributed by atoms with van der Waals surface area (Å²) < 4.78 is 9.23. The van der Waals surface area contributed by atoms with Gasteiger partial charge >= 0.3 is 17.9 Å². The van der Waals surface area contributed by atoms with Crippen LogP contribution in [0.3, 0.4) is 0 Å². The first-order valence-electron chi connectivity index (χ1n) is 5.96. The van der Waals surface area contributed by atoms with Gasteiger partial charge in [0.05, 0.1) is 13.2 Å². The molecule has 20 heavy (non-hydrogen) atoms. The number of hydrogen-bond acceptors (Lipinski definition) is 7. The van der Waals surface area contributed by atoms with E-state index < -0.39 is 35.2 Å². The van der Waals surface area contributed by atoms with Crippen LogP contribution < -0.4 is 5.73 Å². The van der Waals surface area contributed by atoms with Crippen molar-refractivity contribution in [2.45, 2.75) is 50.9 Å². The molecule has 0 saturated heterocycles. The van der Waals surface area contributed by atoms with Gasteiger partial charge in [0, 0.05) is 6.42 Å². The van der Waals surface area contributed by atoms with E-state index >= 15 is 0 Å². The lowest BCUT2D eigenvalue weighted by Crippen LogP contribution is -2.60. The first kappa shape index (κ1) is 18.3. The molecule has 0 aliphatic carbocycles. The Bertz CT molecular complexity index is 388. The van der Waals surface area contributed by atoms with E-state index in [1.165, 1.54) is 0 Å². The number of esters is 2. The predicted molar refractivity (Wildman–Crippen MR) is 67.7 cm³/mol. The number of carboxylic acids is 1. The molecule has 0 radical (unpaired) electrons. The van der Waals surface area contributed by atoms with E-state index in [4.69, 9.17) is 15.6 Å². The van der Waals surface area contributed by atoms with E-state index in [-0.39, 0.29) is 12.8 Å². The van der Waals surface area contributed by atoms with Gasteiger partial charge < -0.3 is 25.4 Å². The zero-order chi connectivity index (χ0) is 16.1. The fraction of sp³-hybridized carbons (Fsp3) is 0.750. The van der Waals surface area contributed by atoms with Crippen molar-refractivity contribution in [2.24, 2.45) is 5.73 Å². The topological polar surface area (TPSA) is 136 Å². The van der Waals surface area contributed by atoms with Gasteiger partial charge in [-0.3, -0.25) is 4.79 Å². The van der Waals surface area contributed by atoms with E-state index in [1.54, 1.807) is 20.8 Å². The van der Waals surface area contributed by atoms with E-state index in [0.29, 0.717) is 0 Å². The first-order chi connectivity index (χ1) is 8.95. The molecule has 8 nitrogen and oxygen atoms in total. The third-order valence-electron chi connectivity index (χ3n) is 2.44. The van der Waals surface area contributed by atoms with Crippen molar-refractivity contribution in [1.29, 1.82) is 0 Å². The maximum atomic E-state index is 11.5. The number of carboxylic acid groups (broad SMARTS) is 1. The first-order valence-corrected chi connectivity index (χ1v) is 5.96. The summed E-state index contributed by atoms with van der Waals surface area (Å²) in [5, 5.41) is 18.7. The maximum absolute atomic E-state index is 11.5. The van der Waals surface area contributed by atoms with Crippen molar-refractivity contribution in [3.63, 3.8) is 0 Å². The van der Waals surface area contributed by atoms with Gasteiger partial charge in [0.1, 0.15) is 5.60 Å². The van der Waals surface area contributed by atoms with Gasteiger partial charge in [0.15, 0.2) is 0 Å². The molecule has 8 heteroatoms. The minimum atomic E-state index is -2.89. The molecule has 4 N–H and O–H groups in total. The monoisotopic (exact) mass is 291 g/mol. The third-order valence-corrected chi connectivity index (χ3v) is 2.44. The Hall–Kier alpha value is -1.67. The average Bonchev–Trinajstić information content (AvgIpc) is 2.31. The van der Waals surface area contributed by atoms with Crippen molar-refractivity contribution >= 4 is 17.9 Å². The Balaban J connectivity index is 4.73. The molecular weight excluding hydrogens is 270 g/mol. The predicted octanol–water partition coefficient (Wildman–Crippen LogP) is -0.576. The van der Waals surface area contributed by atoms with Crippen molar-refractivity contribution in [3.05, 3.63) is 0 Å². The number of hydrogen-bond donors (Lipinski definition) is 3. The molecule has 0 spiro atoms. The molecule has 2 atom stereocenters. The molecule has 2 unspecified atom stereocenters. The van der Waals surface area contributed by atoms with Crippen LogP contribution in [-0.4, -0.2) is 52.5 Å². The summed E-state index contributed by atoms with van der Waals surface area (Å²) in [5.74, 6) is -3.83. The van der Waals surface area contributed by atoms with Crippen LogP contribution in [0.2, 0.25) is 0 Å². The molecule has 0 aromatic heterocycles. The van der Waals surface area contributed by atoms with E-state index in [2.05, 4.69) is 4.74 Å². The minimum Gasteiger partial charge on any atom is -0.479 e. The van der Waals surface area contributed by atoms with Gasteiger partial charge in [-0.25, -0.2) is 9.59 Å². The Kier molecular flexibility index (Phi) is 6.11. The summed E-state index contributed by atoms with van der Waals surface area (Å²) in [6.07, 6.45) is -0.474. The van der Waals surface area contributed by atoms with Crippen LogP contribution >= 0.6 is 0 Å². The molecule has 0 rings (SSSR count). The van der Waals surface area contributed by atoms with E-state index in [1.807, 2.05) is 0 Å². The summed E-state index contributed by atoms with van der Waals surface area (Å²) in [5.41, 5.74) is 1.92. The zero-order valence-electron chi connectivity index (χ0n) is 12.0. The zero-order valence-corrected chi connectivity index (χ0v) is 12.0. The molecule has 0 amide bonds. The third kappa shape index (κ3) is 4.78. The van der Waals surface area contributed by atoms with Crippen LogP contribution in [0.5, 0.6) is 0 Å². The molecule has 0 aliphatic rings. The SMILES string of the molecule is COC(=O)C(O)(C(=O)O)C(N)CCC(=O)OC(C)(C)C. The Labute approximate surface area is 116 Å². The largest absolute Gasteiger partial charge is 0.479 e. The molecule has 116 valence electrons. The number of nitrogens with two attached hydrogens (primary N) is 1. The molecule has 0 aromatic carbocycles. The molecule has 0 saturated carbocycles. The van der Waals surface area contributed by atoms with Crippen molar-refractivity contribution in [3.8, 4) is 0 Å². The molecule has 0 aliphatic heterocycles. The van der Waals surface area contributed by atoms with Crippen LogP contribution in [0.15, 0.2) is 0 Å². The van der Waals surface area contributed by atoms with E-state index in [9.17, 15) is 19.5 Å². The minimum absolute atomic E-state index is 0.231. The van der Waals surface area contributed by atoms with Gasteiger partial charge in [-0.05, 0) is 27.2 Å². The second-order valence-corrected chi connectivity index (χ2v) is 5.29. The summed E-state index contributed by atoms with van der Waals surface area (Å²) in [4.78, 5) is 33.8. The normalized spacial score (nSPS) is 15.9. The Morgan fingerprint density at radius 2 is 1.75 bits per heavy atom. The Morgan fingerprint density at radius 1 is 1.25 bits per heavy atom. The molecule has 0 aromatic rings. The molecule has 0 heterocycles. The maximum Gasteiger partial charge on any atom is 0.351 e. The number of methoxy groups -OCH3 is 1. The number of ether oxygens (including phenoxy) is 2. The number of rotatable bonds is 6. The lowest BCUT2D eigenvalue weighted by atomic mass is 9.91. The number of aliphatic hydroxyl groups is 1. The lowest BCUT2D eigenvalue weighted by molar-refractivity contribution is -0.181. The summed E-state index contributed by atoms with van der Waals surface area (Å²) in [6.45, 7) is 5.02. The van der Waals surface area contributed by atoms with Crippen LogP contribution in [0.4, 0.5) is 0 Å². The van der Waals surface area contributed by atoms with Crippen LogP contribution in [0, 0.1) is 0 Å². The highest BCUT2D eigenvalue weighted by molar-refractivity contribution is 6.03. The fourth-order valence-electron chi connectivity index (χ4n) is 1.43. The lowest BCUT2D eigenvalue weighted by Gasteiger charge is -2.27. The molecule has 0 fully saturated rings. The molecule has 0 bridgehead atoms.